The van der Waals surface area contributed by atoms with E-state index in [0.29, 0.717) is 28.3 Å². The first-order chi connectivity index (χ1) is 18.7. The highest BCUT2D eigenvalue weighted by Gasteiger charge is 2.22. The van der Waals surface area contributed by atoms with E-state index in [-0.39, 0.29) is 5.69 Å². The van der Waals surface area contributed by atoms with Gasteiger partial charge in [0, 0.05) is 24.4 Å². The Bertz CT molecular complexity index is 1690. The molecule has 0 radical (unpaired) electrons. The maximum atomic E-state index is 15.4. The number of hydrogen-bond donors (Lipinski definition) is 2. The average molecular weight is 505 g/mol. The number of benzene rings is 3. The van der Waals surface area contributed by atoms with Gasteiger partial charge in [0.05, 0.1) is 12.8 Å². The summed E-state index contributed by atoms with van der Waals surface area (Å²) in [6.45, 7) is 0. The van der Waals surface area contributed by atoms with Crippen molar-refractivity contribution in [3.8, 4) is 28.4 Å². The highest BCUT2D eigenvalue weighted by molar-refractivity contribution is 5.85. The van der Waals surface area contributed by atoms with E-state index in [4.69, 9.17) is 9.72 Å². The molecule has 0 bridgehead atoms. The number of aryl methyl sites for hydroxylation is 2. The predicted octanol–water partition coefficient (Wildman–Crippen LogP) is 6.26. The normalized spacial score (nSPS) is 12.1. The van der Waals surface area contributed by atoms with Crippen LogP contribution >= 0.6 is 0 Å². The average Bonchev–Trinajstić information content (AvgIpc) is 3.66. The molecule has 0 aliphatic rings. The van der Waals surface area contributed by atoms with E-state index in [9.17, 15) is 0 Å². The highest BCUT2D eigenvalue weighted by atomic mass is 19.1. The Morgan fingerprint density at radius 1 is 0.921 bits per heavy atom. The third kappa shape index (κ3) is 4.64. The summed E-state index contributed by atoms with van der Waals surface area (Å²) in [6, 6.07) is 25.3. The summed E-state index contributed by atoms with van der Waals surface area (Å²) in [5.41, 5.74) is 4.58. The van der Waals surface area contributed by atoms with E-state index in [1.54, 1.807) is 43.6 Å². The molecule has 3 aromatic carbocycles. The fraction of sp³-hybridized carbons (Fsp3) is 0.133. The molecule has 2 N–H and O–H groups in total. The van der Waals surface area contributed by atoms with Crippen LogP contribution in [0.15, 0.2) is 91.3 Å². The summed E-state index contributed by atoms with van der Waals surface area (Å²) in [5.74, 6) is 1.55. The largest absolute Gasteiger partial charge is 0.497 e. The van der Waals surface area contributed by atoms with Crippen LogP contribution in [0.25, 0.3) is 33.4 Å². The summed E-state index contributed by atoms with van der Waals surface area (Å²) in [7, 11) is 1.58. The molecule has 3 heterocycles. The second-order valence-corrected chi connectivity index (χ2v) is 9.01. The molecule has 0 spiro atoms. The maximum absolute atomic E-state index is 15.4. The predicted molar refractivity (Wildman–Crippen MR) is 144 cm³/mol. The molecule has 0 aliphatic carbocycles. The molecule has 1 atom stereocenters. The van der Waals surface area contributed by atoms with E-state index in [2.05, 4.69) is 67.8 Å². The van der Waals surface area contributed by atoms with Crippen molar-refractivity contribution in [1.82, 2.24) is 30.4 Å². The number of pyridine rings is 1. The molecule has 0 fully saturated rings. The Balaban J connectivity index is 1.21. The number of nitrogens with one attached hydrogen (secondary N) is 2. The molecule has 7 nitrogen and oxygen atoms in total. The molecule has 6 rings (SSSR count). The second kappa shape index (κ2) is 10.3. The minimum atomic E-state index is -1.42. The third-order valence-corrected chi connectivity index (χ3v) is 6.68. The first-order valence-corrected chi connectivity index (χ1v) is 12.4. The number of aromatic nitrogens is 6. The molecule has 8 heteroatoms. The van der Waals surface area contributed by atoms with Gasteiger partial charge in [0.25, 0.3) is 0 Å². The van der Waals surface area contributed by atoms with E-state index >= 15 is 4.39 Å². The van der Waals surface area contributed by atoms with Crippen molar-refractivity contribution in [3.63, 3.8) is 0 Å². The summed E-state index contributed by atoms with van der Waals surface area (Å²) in [6.07, 6.45) is 3.74. The van der Waals surface area contributed by atoms with Crippen molar-refractivity contribution in [2.45, 2.75) is 19.0 Å². The third-order valence-electron chi connectivity index (χ3n) is 6.68. The summed E-state index contributed by atoms with van der Waals surface area (Å²) in [5, 5.41) is 13.3. The molecule has 0 aliphatic heterocycles. The maximum Gasteiger partial charge on any atom is 0.169 e. The Morgan fingerprint density at radius 3 is 2.63 bits per heavy atom. The first kappa shape index (κ1) is 23.5. The molecular formula is C30H25FN6O. The summed E-state index contributed by atoms with van der Waals surface area (Å²) < 4.78 is 20.6. The van der Waals surface area contributed by atoms with Crippen LogP contribution in [-0.4, -0.2) is 37.5 Å². The molecule has 1 unspecified atom stereocenters. The van der Waals surface area contributed by atoms with Crippen LogP contribution < -0.4 is 4.74 Å². The van der Waals surface area contributed by atoms with Crippen molar-refractivity contribution in [1.29, 1.82) is 0 Å². The minimum absolute atomic E-state index is 0.283. The van der Waals surface area contributed by atoms with Crippen molar-refractivity contribution in [2.24, 2.45) is 0 Å². The number of H-pyrrole nitrogens is 2. The SMILES string of the molecule is COc1ccc(C(F)c2[nH]nnc2-c2ccnc(-c3c[nH]c(CCc4cccc5ccccc45)n3)c2)cc1. The van der Waals surface area contributed by atoms with Crippen molar-refractivity contribution >= 4 is 10.8 Å². The molecule has 188 valence electrons. The van der Waals surface area contributed by atoms with E-state index in [0.717, 1.165) is 24.4 Å². The van der Waals surface area contributed by atoms with Crippen molar-refractivity contribution < 1.29 is 9.13 Å². The fourth-order valence-electron chi connectivity index (χ4n) is 4.67. The zero-order valence-electron chi connectivity index (χ0n) is 20.7. The lowest BCUT2D eigenvalue weighted by Gasteiger charge is -2.09. The molecule has 0 saturated carbocycles. The van der Waals surface area contributed by atoms with Crippen LogP contribution in [0.4, 0.5) is 4.39 Å². The quantitative estimate of drug-likeness (QED) is 0.255. The summed E-state index contributed by atoms with van der Waals surface area (Å²) in [4.78, 5) is 12.5. The monoisotopic (exact) mass is 504 g/mol. The number of ether oxygens (including phenoxy) is 1. The van der Waals surface area contributed by atoms with Crippen molar-refractivity contribution in [2.75, 3.05) is 7.11 Å². The van der Waals surface area contributed by atoms with Gasteiger partial charge in [0.2, 0.25) is 0 Å². The molecule has 0 amide bonds. The van der Waals surface area contributed by atoms with Gasteiger partial charge in [-0.15, -0.1) is 5.10 Å². The highest BCUT2D eigenvalue weighted by Crippen LogP contribution is 2.33. The van der Waals surface area contributed by atoms with Crippen LogP contribution in [0.3, 0.4) is 0 Å². The number of aromatic amines is 2. The number of imidazole rings is 1. The number of nitrogens with zero attached hydrogens (tertiary/aromatic N) is 4. The number of alkyl halides is 1. The molecule has 38 heavy (non-hydrogen) atoms. The molecular weight excluding hydrogens is 479 g/mol. The van der Waals surface area contributed by atoms with Gasteiger partial charge in [-0.05, 0) is 52.6 Å². The molecule has 0 saturated heterocycles. The van der Waals surface area contributed by atoms with Crippen LogP contribution in [0.2, 0.25) is 0 Å². The van der Waals surface area contributed by atoms with E-state index < -0.39 is 6.17 Å². The standard InChI is InChI=1S/C30H25FN6O/c1-38-23-12-9-21(10-13-23)28(31)30-29(35-37-36-30)22-15-16-32-25(17-22)26-18-33-27(34-26)14-11-20-7-4-6-19-5-2-3-8-24(19)20/h2-10,12-13,15-18,28H,11,14H2,1H3,(H,33,34)(H,35,36,37). The van der Waals surface area contributed by atoms with Crippen molar-refractivity contribution in [3.05, 3.63) is 114 Å². The van der Waals surface area contributed by atoms with Gasteiger partial charge in [-0.1, -0.05) is 59.8 Å². The first-order valence-electron chi connectivity index (χ1n) is 12.4. The lowest BCUT2D eigenvalue weighted by Crippen LogP contribution is -1.98. The van der Waals surface area contributed by atoms with Gasteiger partial charge in [-0.2, -0.15) is 0 Å². The number of methoxy groups -OCH3 is 1. The number of rotatable bonds is 8. The Kier molecular flexibility index (Phi) is 6.35. The Morgan fingerprint density at radius 2 is 1.76 bits per heavy atom. The van der Waals surface area contributed by atoms with Gasteiger partial charge in [-0.3, -0.25) is 10.1 Å². The topological polar surface area (TPSA) is 92.4 Å². The fourth-order valence-corrected chi connectivity index (χ4v) is 4.67. The Labute approximate surface area is 218 Å². The smallest absolute Gasteiger partial charge is 0.169 e. The number of fused-ring (bicyclic) bond motifs is 1. The second-order valence-electron chi connectivity index (χ2n) is 9.01. The summed E-state index contributed by atoms with van der Waals surface area (Å²) >= 11 is 0. The zero-order valence-corrected chi connectivity index (χ0v) is 20.7. The molecule has 3 aromatic heterocycles. The zero-order chi connectivity index (χ0) is 25.9. The van der Waals surface area contributed by atoms with Crippen LogP contribution in [0, 0.1) is 0 Å². The van der Waals surface area contributed by atoms with Crippen LogP contribution in [-0.2, 0) is 12.8 Å². The lowest BCUT2D eigenvalue weighted by molar-refractivity contribution is 0.391. The molecule has 6 aromatic rings. The van der Waals surface area contributed by atoms with Crippen LogP contribution in [0.5, 0.6) is 5.75 Å². The van der Waals surface area contributed by atoms with Gasteiger partial charge in [0.15, 0.2) is 6.17 Å². The van der Waals surface area contributed by atoms with Gasteiger partial charge >= 0.3 is 0 Å². The minimum Gasteiger partial charge on any atom is -0.497 e. The lowest BCUT2D eigenvalue weighted by atomic mass is 10.0. The van der Waals surface area contributed by atoms with E-state index in [1.807, 2.05) is 12.3 Å². The number of hydrogen-bond acceptors (Lipinski definition) is 5. The van der Waals surface area contributed by atoms with Gasteiger partial charge in [-0.25, -0.2) is 9.37 Å². The van der Waals surface area contributed by atoms with Gasteiger partial charge < -0.3 is 9.72 Å². The number of halogens is 1. The Hall–Kier alpha value is -4.85. The van der Waals surface area contributed by atoms with E-state index in [1.165, 1.54) is 16.3 Å². The van der Waals surface area contributed by atoms with Gasteiger partial charge in [0.1, 0.15) is 28.7 Å². The van der Waals surface area contributed by atoms with Crippen LogP contribution in [0.1, 0.15) is 28.8 Å².